The first kappa shape index (κ1) is 17.4. The lowest BCUT2D eigenvalue weighted by molar-refractivity contribution is -0.134. The Balaban J connectivity index is 1.97. The van der Waals surface area contributed by atoms with E-state index in [0.717, 1.165) is 11.1 Å². The van der Waals surface area contributed by atoms with Gasteiger partial charge >= 0.3 is 0 Å². The van der Waals surface area contributed by atoms with Crippen molar-refractivity contribution in [3.63, 3.8) is 0 Å². The molecular weight excluding hydrogens is 342 g/mol. The molecule has 0 N–H and O–H groups in total. The van der Waals surface area contributed by atoms with Gasteiger partial charge in [0.2, 0.25) is 5.91 Å². The minimum Gasteiger partial charge on any atom is -0.494 e. The lowest BCUT2D eigenvalue weighted by Gasteiger charge is -2.35. The van der Waals surface area contributed by atoms with E-state index in [9.17, 15) is 4.79 Å². The number of nitrogens with zero attached hydrogens (tertiary/aromatic N) is 3. The van der Waals surface area contributed by atoms with Crippen LogP contribution in [-0.4, -0.2) is 47.6 Å². The number of rotatable bonds is 4. The number of halogens is 1. The molecule has 0 bridgehead atoms. The van der Waals surface area contributed by atoms with Crippen molar-refractivity contribution in [2.75, 3.05) is 26.9 Å². The number of hydrogen-bond donors (Lipinski definition) is 0. The topological polar surface area (TPSA) is 64.6 Å². The van der Waals surface area contributed by atoms with E-state index in [0.29, 0.717) is 36.4 Å². The van der Waals surface area contributed by atoms with Crippen LogP contribution < -0.4 is 4.74 Å². The summed E-state index contributed by atoms with van der Waals surface area (Å²) in [7, 11) is 1.56. The minimum absolute atomic E-state index is 0.129. The fraction of sp³-hybridized carbons (Fsp3) is 0.278. The maximum atomic E-state index is 12.1. The number of morpholine rings is 1. The Morgan fingerprint density at radius 2 is 2.16 bits per heavy atom. The normalized spacial score (nSPS) is 17.2. The smallest absolute Gasteiger partial charge is 0.246 e. The predicted molar refractivity (Wildman–Crippen MR) is 94.5 cm³/mol. The molecule has 1 aromatic carbocycles. The first-order valence-corrected chi connectivity index (χ1v) is 8.18. The SMILES string of the molecule is C=CC(=O)N1CCOC[C@H]1c1cc(Cl)cc(-c2ncc(OC)cn2)c1. The van der Waals surface area contributed by atoms with Crippen LogP contribution >= 0.6 is 11.6 Å². The molecule has 1 amide bonds. The summed E-state index contributed by atoms with van der Waals surface area (Å²) in [6.07, 6.45) is 4.51. The van der Waals surface area contributed by atoms with Crippen molar-refractivity contribution in [1.82, 2.24) is 14.9 Å². The molecule has 7 heteroatoms. The molecule has 130 valence electrons. The maximum Gasteiger partial charge on any atom is 0.246 e. The van der Waals surface area contributed by atoms with Crippen molar-refractivity contribution in [2.45, 2.75) is 6.04 Å². The van der Waals surface area contributed by atoms with E-state index in [-0.39, 0.29) is 11.9 Å². The summed E-state index contributed by atoms with van der Waals surface area (Å²) in [6.45, 7) is 4.99. The van der Waals surface area contributed by atoms with Gasteiger partial charge in [0.15, 0.2) is 11.6 Å². The second-order valence-electron chi connectivity index (χ2n) is 5.55. The highest BCUT2D eigenvalue weighted by atomic mass is 35.5. The van der Waals surface area contributed by atoms with Gasteiger partial charge in [-0.3, -0.25) is 4.79 Å². The van der Waals surface area contributed by atoms with E-state index in [4.69, 9.17) is 21.1 Å². The molecule has 0 unspecified atom stereocenters. The van der Waals surface area contributed by atoms with Gasteiger partial charge in [0, 0.05) is 17.1 Å². The van der Waals surface area contributed by atoms with Crippen molar-refractivity contribution < 1.29 is 14.3 Å². The predicted octanol–water partition coefficient (Wildman–Crippen LogP) is 2.89. The number of aromatic nitrogens is 2. The molecule has 0 saturated carbocycles. The van der Waals surface area contributed by atoms with Crippen LogP contribution in [0.3, 0.4) is 0 Å². The third kappa shape index (κ3) is 3.81. The summed E-state index contributed by atoms with van der Waals surface area (Å²) in [5.74, 6) is 0.979. The first-order valence-electron chi connectivity index (χ1n) is 7.80. The fourth-order valence-electron chi connectivity index (χ4n) is 2.77. The quantitative estimate of drug-likeness (QED) is 0.785. The molecule has 1 aromatic heterocycles. The Hall–Kier alpha value is -2.44. The van der Waals surface area contributed by atoms with E-state index in [2.05, 4.69) is 16.5 Å². The first-order chi connectivity index (χ1) is 12.1. The van der Waals surface area contributed by atoms with Gasteiger partial charge in [0.05, 0.1) is 38.8 Å². The molecule has 1 aliphatic heterocycles. The average molecular weight is 360 g/mol. The monoisotopic (exact) mass is 359 g/mol. The number of carbonyl (C=O) groups is 1. The molecule has 0 aliphatic carbocycles. The van der Waals surface area contributed by atoms with Crippen LogP contribution in [0.2, 0.25) is 5.02 Å². The zero-order valence-electron chi connectivity index (χ0n) is 13.8. The lowest BCUT2D eigenvalue weighted by Crippen LogP contribution is -2.42. The molecule has 25 heavy (non-hydrogen) atoms. The highest BCUT2D eigenvalue weighted by Crippen LogP contribution is 2.30. The van der Waals surface area contributed by atoms with Gasteiger partial charge in [0.25, 0.3) is 0 Å². The molecular formula is C18H18ClN3O3. The molecule has 1 aliphatic rings. The summed E-state index contributed by atoms with van der Waals surface area (Å²) in [4.78, 5) is 22.5. The second-order valence-corrected chi connectivity index (χ2v) is 5.98. The molecule has 1 saturated heterocycles. The van der Waals surface area contributed by atoms with Crippen molar-refractivity contribution in [2.24, 2.45) is 0 Å². The van der Waals surface area contributed by atoms with Crippen LogP contribution in [0.4, 0.5) is 0 Å². The van der Waals surface area contributed by atoms with Gasteiger partial charge in [-0.1, -0.05) is 18.2 Å². The van der Waals surface area contributed by atoms with Crippen molar-refractivity contribution in [3.8, 4) is 17.1 Å². The van der Waals surface area contributed by atoms with Gasteiger partial charge in [-0.2, -0.15) is 0 Å². The van der Waals surface area contributed by atoms with E-state index in [1.807, 2.05) is 12.1 Å². The van der Waals surface area contributed by atoms with Gasteiger partial charge < -0.3 is 14.4 Å². The van der Waals surface area contributed by atoms with Crippen LogP contribution in [0, 0.1) is 0 Å². The van der Waals surface area contributed by atoms with Crippen molar-refractivity contribution in [3.05, 3.63) is 53.8 Å². The van der Waals surface area contributed by atoms with Gasteiger partial charge in [-0.15, -0.1) is 0 Å². The number of methoxy groups -OCH3 is 1. The van der Waals surface area contributed by atoms with Gasteiger partial charge in [-0.05, 0) is 29.8 Å². The number of carbonyl (C=O) groups excluding carboxylic acids is 1. The molecule has 0 radical (unpaired) electrons. The molecule has 1 atom stereocenters. The fourth-order valence-corrected chi connectivity index (χ4v) is 3.01. The summed E-state index contributed by atoms with van der Waals surface area (Å²) in [5, 5.41) is 0.545. The second kappa shape index (κ2) is 7.63. The number of amides is 1. The van der Waals surface area contributed by atoms with E-state index in [1.165, 1.54) is 6.08 Å². The Labute approximate surface area is 151 Å². The maximum absolute atomic E-state index is 12.1. The Morgan fingerprint density at radius 1 is 1.40 bits per heavy atom. The summed E-state index contributed by atoms with van der Waals surface area (Å²) in [5.41, 5.74) is 1.64. The lowest BCUT2D eigenvalue weighted by atomic mass is 10.0. The molecule has 3 rings (SSSR count). The molecule has 2 heterocycles. The number of benzene rings is 1. The van der Waals surface area contributed by atoms with Crippen LogP contribution in [0.25, 0.3) is 11.4 Å². The molecule has 0 spiro atoms. The highest BCUT2D eigenvalue weighted by Gasteiger charge is 2.28. The van der Waals surface area contributed by atoms with Crippen LogP contribution in [-0.2, 0) is 9.53 Å². The third-order valence-corrected chi connectivity index (χ3v) is 4.23. The number of hydrogen-bond acceptors (Lipinski definition) is 5. The molecule has 1 fully saturated rings. The van der Waals surface area contributed by atoms with Gasteiger partial charge in [0.1, 0.15) is 0 Å². The van der Waals surface area contributed by atoms with Crippen molar-refractivity contribution in [1.29, 1.82) is 0 Å². The van der Waals surface area contributed by atoms with E-state index >= 15 is 0 Å². The van der Waals surface area contributed by atoms with Crippen LogP contribution in [0.15, 0.2) is 43.2 Å². The zero-order valence-corrected chi connectivity index (χ0v) is 14.6. The standard InChI is InChI=1S/C18H18ClN3O3/c1-3-17(23)22-4-5-25-11-16(22)12-6-13(8-14(19)7-12)18-20-9-15(24-2)10-21-18/h3,6-10,16H,1,4-5,11H2,2H3/t16-/m0/s1. The molecule has 2 aromatic rings. The van der Waals surface area contributed by atoms with Crippen LogP contribution in [0.1, 0.15) is 11.6 Å². The zero-order chi connectivity index (χ0) is 17.8. The van der Waals surface area contributed by atoms with Gasteiger partial charge in [-0.25, -0.2) is 9.97 Å². The Bertz CT molecular complexity index is 780. The molecule has 6 nitrogen and oxygen atoms in total. The Kier molecular flexibility index (Phi) is 5.31. The minimum atomic E-state index is -0.227. The largest absolute Gasteiger partial charge is 0.494 e. The van der Waals surface area contributed by atoms with Crippen molar-refractivity contribution >= 4 is 17.5 Å². The van der Waals surface area contributed by atoms with E-state index in [1.54, 1.807) is 30.5 Å². The summed E-state index contributed by atoms with van der Waals surface area (Å²) < 4.78 is 10.6. The van der Waals surface area contributed by atoms with Crippen LogP contribution in [0.5, 0.6) is 5.75 Å². The summed E-state index contributed by atoms with van der Waals surface area (Å²) >= 11 is 6.29. The Morgan fingerprint density at radius 3 is 2.84 bits per heavy atom. The number of ether oxygens (including phenoxy) is 2. The van der Waals surface area contributed by atoms with E-state index < -0.39 is 0 Å². The highest BCUT2D eigenvalue weighted by molar-refractivity contribution is 6.31. The summed E-state index contributed by atoms with van der Waals surface area (Å²) in [6, 6.07) is 5.32. The average Bonchev–Trinajstić information content (AvgIpc) is 2.67. The third-order valence-electron chi connectivity index (χ3n) is 4.01.